The molecule has 0 spiro atoms. The first-order chi connectivity index (χ1) is 8.40. The molecule has 4 nitrogen and oxygen atoms in total. The van der Waals surface area contributed by atoms with Crippen LogP contribution in [0.15, 0.2) is 0 Å². The molecule has 106 valence electrons. The fourth-order valence-electron chi connectivity index (χ4n) is 2.67. The second-order valence-corrected chi connectivity index (χ2v) is 6.13. The summed E-state index contributed by atoms with van der Waals surface area (Å²) in [7, 11) is 4.22. The maximum atomic E-state index is 12.2. The highest BCUT2D eigenvalue weighted by Crippen LogP contribution is 2.33. The fraction of sp³-hybridized carbons (Fsp3) is 0.929. The van der Waals surface area contributed by atoms with E-state index < -0.39 is 5.41 Å². The van der Waals surface area contributed by atoms with Gasteiger partial charge in [0, 0.05) is 18.6 Å². The van der Waals surface area contributed by atoms with Crippen LogP contribution in [0.25, 0.3) is 0 Å². The second kappa shape index (κ2) is 6.02. The van der Waals surface area contributed by atoms with Crippen molar-refractivity contribution in [2.75, 3.05) is 27.2 Å². The summed E-state index contributed by atoms with van der Waals surface area (Å²) in [5.74, 6) is 0.0978. The Balaban J connectivity index is 2.61. The summed E-state index contributed by atoms with van der Waals surface area (Å²) in [4.78, 5) is 14.5. The zero-order valence-corrected chi connectivity index (χ0v) is 12.4. The van der Waals surface area contributed by atoms with Gasteiger partial charge >= 0.3 is 0 Å². The summed E-state index contributed by atoms with van der Waals surface area (Å²) in [6.45, 7) is 5.11. The molecular weight excluding hydrogens is 226 g/mol. The molecule has 1 aliphatic rings. The van der Waals surface area contributed by atoms with Crippen LogP contribution in [-0.2, 0) is 4.79 Å². The van der Waals surface area contributed by atoms with Gasteiger partial charge < -0.3 is 16.0 Å². The van der Waals surface area contributed by atoms with Crippen LogP contribution in [0, 0.1) is 5.41 Å². The summed E-state index contributed by atoms with van der Waals surface area (Å²) in [6, 6.07) is 0. The third-order valence-corrected chi connectivity index (χ3v) is 4.84. The molecule has 0 aromatic rings. The first-order valence-corrected chi connectivity index (χ1v) is 7.06. The van der Waals surface area contributed by atoms with Crippen molar-refractivity contribution in [2.24, 2.45) is 11.1 Å². The lowest BCUT2D eigenvalue weighted by Crippen LogP contribution is -2.54. The first kappa shape index (κ1) is 15.4. The number of carbonyl (C=O) groups is 1. The number of nitrogens with one attached hydrogen (secondary N) is 1. The molecule has 1 amide bonds. The average molecular weight is 255 g/mol. The van der Waals surface area contributed by atoms with Crippen LogP contribution in [0.1, 0.15) is 46.0 Å². The van der Waals surface area contributed by atoms with E-state index in [1.165, 1.54) is 25.7 Å². The molecule has 3 N–H and O–H groups in total. The lowest BCUT2D eigenvalue weighted by atomic mass is 9.86. The van der Waals surface area contributed by atoms with E-state index in [1.807, 2.05) is 13.8 Å². The quantitative estimate of drug-likeness (QED) is 0.753. The Kier molecular flexibility index (Phi) is 5.17. The van der Waals surface area contributed by atoms with Crippen molar-refractivity contribution in [1.29, 1.82) is 0 Å². The Morgan fingerprint density at radius 2 is 1.94 bits per heavy atom. The van der Waals surface area contributed by atoms with E-state index in [0.29, 0.717) is 6.54 Å². The standard InChI is InChI=1S/C14H29N3O/c1-5-13(2,10-15)12(18)16-11-14(17(3)4)8-6-7-9-14/h5-11,15H2,1-4H3,(H,16,18). The number of rotatable bonds is 6. The van der Waals surface area contributed by atoms with Crippen molar-refractivity contribution in [2.45, 2.75) is 51.5 Å². The van der Waals surface area contributed by atoms with Crippen LogP contribution in [0.5, 0.6) is 0 Å². The predicted octanol–water partition coefficient (Wildman–Crippen LogP) is 1.35. The number of hydrogen-bond donors (Lipinski definition) is 2. The molecule has 1 atom stereocenters. The van der Waals surface area contributed by atoms with Crippen molar-refractivity contribution in [1.82, 2.24) is 10.2 Å². The van der Waals surface area contributed by atoms with Gasteiger partial charge in [-0.1, -0.05) is 19.8 Å². The molecule has 0 radical (unpaired) electrons. The van der Waals surface area contributed by atoms with Gasteiger partial charge in [0.25, 0.3) is 0 Å². The van der Waals surface area contributed by atoms with Crippen LogP contribution in [-0.4, -0.2) is 43.5 Å². The summed E-state index contributed by atoms with van der Waals surface area (Å²) < 4.78 is 0. The number of nitrogens with zero attached hydrogens (tertiary/aromatic N) is 1. The Morgan fingerprint density at radius 3 is 2.33 bits per heavy atom. The summed E-state index contributed by atoms with van der Waals surface area (Å²) in [5, 5.41) is 3.13. The minimum absolute atomic E-state index is 0.0978. The molecule has 18 heavy (non-hydrogen) atoms. The molecule has 1 unspecified atom stereocenters. The third kappa shape index (κ3) is 3.04. The van der Waals surface area contributed by atoms with Crippen molar-refractivity contribution in [3.63, 3.8) is 0 Å². The molecule has 1 aliphatic carbocycles. The summed E-state index contributed by atoms with van der Waals surface area (Å²) >= 11 is 0. The number of hydrogen-bond acceptors (Lipinski definition) is 3. The van der Waals surface area contributed by atoms with Crippen molar-refractivity contribution in [3.05, 3.63) is 0 Å². The molecular formula is C14H29N3O. The van der Waals surface area contributed by atoms with Gasteiger partial charge in [0.05, 0.1) is 5.41 Å². The zero-order valence-electron chi connectivity index (χ0n) is 12.4. The molecule has 1 saturated carbocycles. The molecule has 0 aliphatic heterocycles. The summed E-state index contributed by atoms with van der Waals surface area (Å²) in [6.07, 6.45) is 5.65. The molecule has 0 saturated heterocycles. The minimum atomic E-state index is -0.424. The normalized spacial score (nSPS) is 21.9. The van der Waals surface area contributed by atoms with Gasteiger partial charge in [0.1, 0.15) is 0 Å². The Hall–Kier alpha value is -0.610. The molecule has 0 aromatic carbocycles. The van der Waals surface area contributed by atoms with E-state index in [1.54, 1.807) is 0 Å². The van der Waals surface area contributed by atoms with Gasteiger partial charge in [-0.2, -0.15) is 0 Å². The largest absolute Gasteiger partial charge is 0.354 e. The molecule has 0 bridgehead atoms. The minimum Gasteiger partial charge on any atom is -0.354 e. The predicted molar refractivity (Wildman–Crippen MR) is 75.3 cm³/mol. The van der Waals surface area contributed by atoms with E-state index in [9.17, 15) is 4.79 Å². The van der Waals surface area contributed by atoms with Gasteiger partial charge in [-0.25, -0.2) is 0 Å². The third-order valence-electron chi connectivity index (χ3n) is 4.84. The van der Waals surface area contributed by atoms with Gasteiger partial charge in [-0.3, -0.25) is 4.79 Å². The van der Waals surface area contributed by atoms with Crippen LogP contribution in [0.2, 0.25) is 0 Å². The molecule has 1 rings (SSSR count). The number of carbonyl (C=O) groups excluding carboxylic acids is 1. The molecule has 1 fully saturated rings. The van der Waals surface area contributed by atoms with Gasteiger partial charge in [0.2, 0.25) is 5.91 Å². The molecule has 0 heterocycles. The van der Waals surface area contributed by atoms with Crippen LogP contribution in [0.3, 0.4) is 0 Å². The lowest BCUT2D eigenvalue weighted by Gasteiger charge is -2.37. The van der Waals surface area contributed by atoms with Crippen molar-refractivity contribution in [3.8, 4) is 0 Å². The molecule has 0 aromatic heterocycles. The average Bonchev–Trinajstić information content (AvgIpc) is 2.85. The SMILES string of the molecule is CCC(C)(CN)C(=O)NCC1(N(C)C)CCCC1. The number of likely N-dealkylation sites (N-methyl/N-ethyl adjacent to an activating group) is 1. The van der Waals surface area contributed by atoms with E-state index in [4.69, 9.17) is 5.73 Å². The zero-order chi connectivity index (χ0) is 13.8. The van der Waals surface area contributed by atoms with Crippen LogP contribution in [0.4, 0.5) is 0 Å². The van der Waals surface area contributed by atoms with Crippen molar-refractivity contribution >= 4 is 5.91 Å². The topological polar surface area (TPSA) is 58.4 Å². The lowest BCUT2D eigenvalue weighted by molar-refractivity contribution is -0.130. The Morgan fingerprint density at radius 1 is 1.39 bits per heavy atom. The van der Waals surface area contributed by atoms with E-state index >= 15 is 0 Å². The highest BCUT2D eigenvalue weighted by Gasteiger charge is 2.38. The van der Waals surface area contributed by atoms with Crippen LogP contribution >= 0.6 is 0 Å². The van der Waals surface area contributed by atoms with E-state index in [0.717, 1.165) is 13.0 Å². The number of nitrogens with two attached hydrogens (primary N) is 1. The monoisotopic (exact) mass is 255 g/mol. The maximum Gasteiger partial charge on any atom is 0.227 e. The highest BCUT2D eigenvalue weighted by atomic mass is 16.2. The number of amides is 1. The second-order valence-electron chi connectivity index (χ2n) is 6.13. The molecule has 4 heteroatoms. The summed E-state index contributed by atoms with van der Waals surface area (Å²) in [5.41, 5.74) is 5.45. The Labute approximate surface area is 111 Å². The van der Waals surface area contributed by atoms with Gasteiger partial charge in [0.15, 0.2) is 0 Å². The smallest absolute Gasteiger partial charge is 0.227 e. The van der Waals surface area contributed by atoms with E-state index in [-0.39, 0.29) is 11.4 Å². The maximum absolute atomic E-state index is 12.2. The first-order valence-electron chi connectivity index (χ1n) is 7.06. The van der Waals surface area contributed by atoms with Gasteiger partial charge in [-0.05, 0) is 40.3 Å². The van der Waals surface area contributed by atoms with Gasteiger partial charge in [-0.15, -0.1) is 0 Å². The Bertz CT molecular complexity index is 279. The highest BCUT2D eigenvalue weighted by molar-refractivity contribution is 5.82. The van der Waals surface area contributed by atoms with Crippen molar-refractivity contribution < 1.29 is 4.79 Å². The fourth-order valence-corrected chi connectivity index (χ4v) is 2.67. The van der Waals surface area contributed by atoms with E-state index in [2.05, 4.69) is 24.3 Å². The van der Waals surface area contributed by atoms with Crippen LogP contribution < -0.4 is 11.1 Å².